The molecule has 1 heterocycles. The van der Waals surface area contributed by atoms with Crippen molar-refractivity contribution in [3.05, 3.63) is 11.9 Å². The molecule has 0 aliphatic carbocycles. The van der Waals surface area contributed by atoms with Crippen molar-refractivity contribution >= 4 is 0 Å². The second-order valence-electron chi connectivity index (χ2n) is 5.47. The van der Waals surface area contributed by atoms with Crippen LogP contribution < -0.4 is 5.32 Å². The van der Waals surface area contributed by atoms with E-state index in [9.17, 15) is 0 Å². The van der Waals surface area contributed by atoms with Crippen LogP contribution in [0.4, 0.5) is 0 Å². The molecule has 1 aromatic heterocycles. The lowest BCUT2D eigenvalue weighted by molar-refractivity contribution is 0.276. The molecule has 0 aliphatic rings. The smallest absolute Gasteiger partial charge is 0.0965 e. The van der Waals surface area contributed by atoms with E-state index in [2.05, 4.69) is 43.3 Å². The third kappa shape index (κ3) is 4.83. The van der Waals surface area contributed by atoms with E-state index < -0.39 is 0 Å². The maximum Gasteiger partial charge on any atom is 0.0965 e. The summed E-state index contributed by atoms with van der Waals surface area (Å²) in [6.07, 6.45) is 3.79. The predicted molar refractivity (Wildman–Crippen MR) is 67.6 cm³/mol. The Kier molecular flexibility index (Phi) is 5.08. The molecule has 0 amide bonds. The van der Waals surface area contributed by atoms with Crippen molar-refractivity contribution in [1.82, 2.24) is 20.3 Å². The molecule has 5 heteroatoms. The van der Waals surface area contributed by atoms with Crippen LogP contribution in [-0.4, -0.2) is 32.7 Å². The van der Waals surface area contributed by atoms with Gasteiger partial charge in [-0.1, -0.05) is 5.21 Å². The first-order chi connectivity index (χ1) is 7.93. The maximum atomic E-state index is 8.74. The van der Waals surface area contributed by atoms with Gasteiger partial charge < -0.3 is 10.4 Å². The van der Waals surface area contributed by atoms with Gasteiger partial charge in [-0.3, -0.25) is 0 Å². The van der Waals surface area contributed by atoms with Gasteiger partial charge in [-0.2, -0.15) is 0 Å². The van der Waals surface area contributed by atoms with Gasteiger partial charge in [0.2, 0.25) is 0 Å². The summed E-state index contributed by atoms with van der Waals surface area (Å²) in [5.74, 6) is 0. The summed E-state index contributed by atoms with van der Waals surface area (Å²) in [6, 6.07) is 0.391. The van der Waals surface area contributed by atoms with Crippen molar-refractivity contribution in [2.24, 2.45) is 0 Å². The van der Waals surface area contributed by atoms with E-state index in [0.717, 1.165) is 25.1 Å². The minimum atomic E-state index is -0.0201. The Morgan fingerprint density at radius 3 is 2.71 bits per heavy atom. The van der Waals surface area contributed by atoms with Gasteiger partial charge in [0.1, 0.15) is 0 Å². The highest BCUT2D eigenvalue weighted by Crippen LogP contribution is 2.11. The normalized spacial score (nSPS) is 13.9. The summed E-state index contributed by atoms with van der Waals surface area (Å²) in [5, 5.41) is 20.4. The number of aliphatic hydroxyl groups excluding tert-OH is 1. The van der Waals surface area contributed by atoms with Gasteiger partial charge in [0.05, 0.1) is 17.4 Å². The zero-order valence-corrected chi connectivity index (χ0v) is 11.3. The third-order valence-corrected chi connectivity index (χ3v) is 2.66. The van der Waals surface area contributed by atoms with Crippen LogP contribution in [0.5, 0.6) is 0 Å². The van der Waals surface area contributed by atoms with Crippen molar-refractivity contribution in [3.63, 3.8) is 0 Å². The first kappa shape index (κ1) is 14.1. The van der Waals surface area contributed by atoms with Crippen LogP contribution in [0.3, 0.4) is 0 Å². The van der Waals surface area contributed by atoms with Gasteiger partial charge in [-0.25, -0.2) is 4.68 Å². The summed E-state index contributed by atoms with van der Waals surface area (Å²) < 4.78 is 1.88. The third-order valence-electron chi connectivity index (χ3n) is 2.66. The highest BCUT2D eigenvalue weighted by atomic mass is 16.2. The average molecular weight is 240 g/mol. The van der Waals surface area contributed by atoms with Gasteiger partial charge in [0, 0.05) is 19.2 Å². The lowest BCUT2D eigenvalue weighted by Crippen LogP contribution is -2.26. The molecule has 98 valence electrons. The molecule has 1 atom stereocenters. The first-order valence-corrected chi connectivity index (χ1v) is 6.19. The Bertz CT molecular complexity index is 329. The van der Waals surface area contributed by atoms with Gasteiger partial charge in [0.15, 0.2) is 0 Å². The largest absolute Gasteiger partial charge is 0.396 e. The Morgan fingerprint density at radius 2 is 2.18 bits per heavy atom. The molecule has 5 nitrogen and oxygen atoms in total. The van der Waals surface area contributed by atoms with Crippen molar-refractivity contribution in [2.45, 2.75) is 58.7 Å². The Labute approximate surface area is 103 Å². The van der Waals surface area contributed by atoms with Crippen LogP contribution in [0.25, 0.3) is 0 Å². The van der Waals surface area contributed by atoms with Crippen molar-refractivity contribution in [3.8, 4) is 0 Å². The Balaban J connectivity index is 2.40. The monoisotopic (exact) mass is 240 g/mol. The molecule has 0 aliphatic heterocycles. The number of hydrogen-bond acceptors (Lipinski definition) is 4. The average Bonchev–Trinajstić information content (AvgIpc) is 2.71. The number of hydrogen-bond donors (Lipinski definition) is 2. The Hall–Kier alpha value is -0.940. The standard InChI is InChI=1S/C12H24N4O/c1-10(6-5-7-17)13-8-11-9-16(15-14-11)12(2,3)4/h9-10,13,17H,5-8H2,1-4H3. The molecule has 1 aromatic rings. The number of aromatic nitrogens is 3. The highest BCUT2D eigenvalue weighted by molar-refractivity contribution is 4.94. The zero-order valence-electron chi connectivity index (χ0n) is 11.3. The van der Waals surface area contributed by atoms with Gasteiger partial charge in [-0.05, 0) is 40.5 Å². The molecular weight excluding hydrogens is 216 g/mol. The summed E-state index contributed by atoms with van der Waals surface area (Å²) >= 11 is 0. The van der Waals surface area contributed by atoms with Crippen molar-refractivity contribution < 1.29 is 5.11 Å². The predicted octanol–water partition coefficient (Wildman–Crippen LogP) is 1.28. The fourth-order valence-electron chi connectivity index (χ4n) is 1.49. The fourth-order valence-corrected chi connectivity index (χ4v) is 1.49. The molecule has 1 unspecified atom stereocenters. The summed E-state index contributed by atoms with van der Waals surface area (Å²) in [5.41, 5.74) is 0.934. The van der Waals surface area contributed by atoms with E-state index in [0.29, 0.717) is 6.04 Å². The van der Waals surface area contributed by atoms with Crippen LogP contribution in [0.15, 0.2) is 6.20 Å². The molecule has 0 fully saturated rings. The molecule has 1 rings (SSSR count). The zero-order chi connectivity index (χ0) is 12.9. The topological polar surface area (TPSA) is 63.0 Å². The van der Waals surface area contributed by atoms with E-state index in [-0.39, 0.29) is 12.1 Å². The second kappa shape index (κ2) is 6.12. The molecule has 0 radical (unpaired) electrons. The quantitative estimate of drug-likeness (QED) is 0.786. The van der Waals surface area contributed by atoms with Crippen molar-refractivity contribution in [2.75, 3.05) is 6.61 Å². The lowest BCUT2D eigenvalue weighted by atomic mass is 10.1. The molecule has 0 aromatic carbocycles. The highest BCUT2D eigenvalue weighted by Gasteiger charge is 2.15. The van der Waals surface area contributed by atoms with E-state index in [4.69, 9.17) is 5.11 Å². The van der Waals surface area contributed by atoms with Crippen LogP contribution in [0.1, 0.15) is 46.2 Å². The molecule has 17 heavy (non-hydrogen) atoms. The summed E-state index contributed by atoms with van der Waals surface area (Å²) in [4.78, 5) is 0. The van der Waals surface area contributed by atoms with Crippen LogP contribution in [-0.2, 0) is 12.1 Å². The lowest BCUT2D eigenvalue weighted by Gasteiger charge is -2.17. The van der Waals surface area contributed by atoms with E-state index in [1.807, 2.05) is 10.9 Å². The number of rotatable bonds is 6. The van der Waals surface area contributed by atoms with Crippen molar-refractivity contribution in [1.29, 1.82) is 0 Å². The van der Waals surface area contributed by atoms with Gasteiger partial charge in [-0.15, -0.1) is 5.10 Å². The molecule has 0 spiro atoms. The van der Waals surface area contributed by atoms with E-state index in [1.165, 1.54) is 0 Å². The van der Waals surface area contributed by atoms with Gasteiger partial charge >= 0.3 is 0 Å². The maximum absolute atomic E-state index is 8.74. The molecule has 2 N–H and O–H groups in total. The second-order valence-corrected chi connectivity index (χ2v) is 5.47. The number of aliphatic hydroxyl groups is 1. The van der Waals surface area contributed by atoms with E-state index >= 15 is 0 Å². The summed E-state index contributed by atoms with van der Waals surface area (Å²) in [7, 11) is 0. The SMILES string of the molecule is CC(CCCO)NCc1cn(C(C)(C)C)nn1. The van der Waals surface area contributed by atoms with Crippen LogP contribution in [0.2, 0.25) is 0 Å². The number of nitrogens with zero attached hydrogens (tertiary/aromatic N) is 3. The molecule has 0 saturated heterocycles. The first-order valence-electron chi connectivity index (χ1n) is 6.19. The molecule has 0 bridgehead atoms. The summed E-state index contributed by atoms with van der Waals surface area (Å²) in [6.45, 7) is 9.40. The minimum Gasteiger partial charge on any atom is -0.396 e. The minimum absolute atomic E-state index is 0.0201. The molecule has 0 saturated carbocycles. The van der Waals surface area contributed by atoms with Crippen LogP contribution >= 0.6 is 0 Å². The molecular formula is C12H24N4O. The van der Waals surface area contributed by atoms with Gasteiger partial charge in [0.25, 0.3) is 0 Å². The van der Waals surface area contributed by atoms with Crippen LogP contribution in [0, 0.1) is 0 Å². The Morgan fingerprint density at radius 1 is 1.47 bits per heavy atom. The fraction of sp³-hybridized carbons (Fsp3) is 0.833. The number of nitrogens with one attached hydrogen (secondary N) is 1. The van der Waals surface area contributed by atoms with E-state index in [1.54, 1.807) is 0 Å².